The van der Waals surface area contributed by atoms with E-state index in [1.54, 1.807) is 53.5 Å². The fourth-order valence-electron chi connectivity index (χ4n) is 1.47. The summed E-state index contributed by atoms with van der Waals surface area (Å²) in [6.07, 6.45) is 2.99. The molecular formula is C13H7N7. The van der Waals surface area contributed by atoms with Gasteiger partial charge in [0, 0.05) is 5.69 Å². The quantitative estimate of drug-likeness (QED) is 0.837. The van der Waals surface area contributed by atoms with Crippen molar-refractivity contribution >= 4 is 5.69 Å². The molecule has 2 rings (SSSR count). The Morgan fingerprint density at radius 3 is 2.25 bits per heavy atom. The average Bonchev–Trinajstić information content (AvgIpc) is 3.02. The molecule has 0 amide bonds. The van der Waals surface area contributed by atoms with E-state index < -0.39 is 0 Å². The minimum absolute atomic E-state index is 0.0801. The Labute approximate surface area is 114 Å². The van der Waals surface area contributed by atoms with Gasteiger partial charge >= 0.3 is 0 Å². The summed E-state index contributed by atoms with van der Waals surface area (Å²) in [7, 11) is 0. The average molecular weight is 261 g/mol. The van der Waals surface area contributed by atoms with E-state index in [0.29, 0.717) is 5.69 Å². The van der Waals surface area contributed by atoms with Gasteiger partial charge in [-0.05, 0) is 24.3 Å². The molecule has 0 aliphatic rings. The summed E-state index contributed by atoms with van der Waals surface area (Å²) in [5, 5.41) is 33.1. The molecule has 7 heteroatoms. The summed E-state index contributed by atoms with van der Waals surface area (Å²) in [5.41, 5.74) is 1.06. The number of nitrogens with zero attached hydrogens (tertiary/aromatic N) is 6. The highest BCUT2D eigenvalue weighted by Crippen LogP contribution is 2.15. The number of nitriles is 3. The number of hydrogen-bond acceptors (Lipinski definition) is 6. The van der Waals surface area contributed by atoms with Crippen molar-refractivity contribution in [3.05, 3.63) is 48.2 Å². The van der Waals surface area contributed by atoms with E-state index in [4.69, 9.17) is 15.8 Å². The fraction of sp³-hybridized carbons (Fsp3) is 0. The molecule has 94 valence electrons. The number of benzene rings is 1. The third kappa shape index (κ3) is 2.61. The van der Waals surface area contributed by atoms with Crippen LogP contribution in [0.25, 0.3) is 5.69 Å². The molecule has 20 heavy (non-hydrogen) atoms. The van der Waals surface area contributed by atoms with Gasteiger partial charge in [-0.1, -0.05) is 0 Å². The van der Waals surface area contributed by atoms with Gasteiger partial charge in [0.2, 0.25) is 0 Å². The zero-order chi connectivity index (χ0) is 14.4. The molecule has 0 bridgehead atoms. The van der Waals surface area contributed by atoms with Gasteiger partial charge in [-0.2, -0.15) is 20.9 Å². The van der Waals surface area contributed by atoms with Gasteiger partial charge in [-0.25, -0.2) is 9.67 Å². The Hall–Kier alpha value is -3.63. The number of aromatic nitrogens is 3. The van der Waals surface area contributed by atoms with Gasteiger partial charge < -0.3 is 5.32 Å². The lowest BCUT2D eigenvalue weighted by Gasteiger charge is -2.06. The SMILES string of the molecule is N#CC(C#N)=C(C#N)Nc1ccc(-n2cncn2)cc1. The topological polar surface area (TPSA) is 114 Å². The summed E-state index contributed by atoms with van der Waals surface area (Å²) >= 11 is 0. The van der Waals surface area contributed by atoms with Crippen molar-refractivity contribution in [2.24, 2.45) is 0 Å². The van der Waals surface area contributed by atoms with Crippen molar-refractivity contribution < 1.29 is 0 Å². The highest BCUT2D eigenvalue weighted by Gasteiger charge is 2.06. The van der Waals surface area contributed by atoms with Gasteiger partial charge in [0.1, 0.15) is 36.6 Å². The van der Waals surface area contributed by atoms with Crippen LogP contribution in [0.2, 0.25) is 0 Å². The zero-order valence-corrected chi connectivity index (χ0v) is 10.1. The first kappa shape index (κ1) is 12.8. The lowest BCUT2D eigenvalue weighted by molar-refractivity contribution is 0.879. The Kier molecular flexibility index (Phi) is 3.72. The number of allylic oxidation sites excluding steroid dienone is 2. The molecule has 0 fully saturated rings. The van der Waals surface area contributed by atoms with Crippen molar-refractivity contribution in [1.29, 1.82) is 15.8 Å². The van der Waals surface area contributed by atoms with Gasteiger partial charge in [0.15, 0.2) is 5.57 Å². The molecule has 1 heterocycles. The van der Waals surface area contributed by atoms with Gasteiger partial charge in [-0.3, -0.25) is 0 Å². The minimum Gasteiger partial charge on any atom is -0.345 e. The minimum atomic E-state index is -0.257. The summed E-state index contributed by atoms with van der Waals surface area (Å²) in [5.74, 6) is 0. The predicted octanol–water partition coefficient (Wildman–Crippen LogP) is 1.50. The smallest absolute Gasteiger partial charge is 0.163 e. The number of anilines is 1. The van der Waals surface area contributed by atoms with E-state index >= 15 is 0 Å². The zero-order valence-electron chi connectivity index (χ0n) is 10.1. The second kappa shape index (κ2) is 5.81. The van der Waals surface area contributed by atoms with Crippen molar-refractivity contribution in [2.75, 3.05) is 5.32 Å². The lowest BCUT2D eigenvalue weighted by atomic mass is 10.2. The van der Waals surface area contributed by atoms with E-state index in [1.165, 1.54) is 6.33 Å². The molecule has 1 aromatic heterocycles. The fourth-order valence-corrected chi connectivity index (χ4v) is 1.47. The van der Waals surface area contributed by atoms with Gasteiger partial charge in [0.05, 0.1) is 5.69 Å². The van der Waals surface area contributed by atoms with Crippen LogP contribution in [0, 0.1) is 34.0 Å². The van der Waals surface area contributed by atoms with Crippen LogP contribution in [0.1, 0.15) is 0 Å². The number of rotatable bonds is 3. The van der Waals surface area contributed by atoms with Crippen LogP contribution in [0.3, 0.4) is 0 Å². The molecule has 0 aliphatic carbocycles. The van der Waals surface area contributed by atoms with Crippen LogP contribution < -0.4 is 5.32 Å². The molecule has 0 spiro atoms. The normalized spacial score (nSPS) is 8.85. The predicted molar refractivity (Wildman–Crippen MR) is 68.8 cm³/mol. The van der Waals surface area contributed by atoms with Crippen molar-refractivity contribution in [1.82, 2.24) is 14.8 Å². The lowest BCUT2D eigenvalue weighted by Crippen LogP contribution is -2.01. The first-order valence-electron chi connectivity index (χ1n) is 5.45. The molecule has 0 radical (unpaired) electrons. The first-order valence-corrected chi connectivity index (χ1v) is 5.45. The molecule has 0 atom stereocenters. The summed E-state index contributed by atoms with van der Waals surface area (Å²) in [4.78, 5) is 3.84. The summed E-state index contributed by atoms with van der Waals surface area (Å²) in [6.45, 7) is 0. The van der Waals surface area contributed by atoms with E-state index in [0.717, 1.165) is 5.69 Å². The van der Waals surface area contributed by atoms with Gasteiger partial charge in [0.25, 0.3) is 0 Å². The van der Waals surface area contributed by atoms with Crippen LogP contribution >= 0.6 is 0 Å². The molecule has 1 aromatic carbocycles. The van der Waals surface area contributed by atoms with Crippen LogP contribution in [0.5, 0.6) is 0 Å². The highest BCUT2D eigenvalue weighted by molar-refractivity contribution is 5.59. The monoisotopic (exact) mass is 261 g/mol. The van der Waals surface area contributed by atoms with Crippen LogP contribution in [-0.4, -0.2) is 14.8 Å². The van der Waals surface area contributed by atoms with Crippen molar-refractivity contribution in [3.8, 4) is 23.9 Å². The molecule has 1 N–H and O–H groups in total. The van der Waals surface area contributed by atoms with E-state index in [2.05, 4.69) is 15.4 Å². The Morgan fingerprint density at radius 1 is 1.05 bits per heavy atom. The highest BCUT2D eigenvalue weighted by atomic mass is 15.3. The molecule has 2 aromatic rings. The third-order valence-corrected chi connectivity index (χ3v) is 2.41. The number of nitrogens with one attached hydrogen (secondary N) is 1. The van der Waals surface area contributed by atoms with E-state index in [-0.39, 0.29) is 11.3 Å². The molecule has 0 saturated carbocycles. The maximum Gasteiger partial charge on any atom is 0.163 e. The standard InChI is InChI=1S/C13H7N7/c14-5-10(6-15)13(7-16)19-11-1-3-12(4-2-11)20-9-17-8-18-20/h1-4,8-9,19H. The van der Waals surface area contributed by atoms with Crippen molar-refractivity contribution in [2.45, 2.75) is 0 Å². The van der Waals surface area contributed by atoms with Crippen LogP contribution in [0.4, 0.5) is 5.69 Å². The first-order chi connectivity index (χ1) is 9.78. The molecule has 7 nitrogen and oxygen atoms in total. The van der Waals surface area contributed by atoms with Crippen LogP contribution in [0.15, 0.2) is 48.2 Å². The van der Waals surface area contributed by atoms with E-state index in [1.807, 2.05) is 0 Å². The maximum atomic E-state index is 8.93. The maximum absolute atomic E-state index is 8.93. The molecular weight excluding hydrogens is 254 g/mol. The second-order valence-corrected chi connectivity index (χ2v) is 3.60. The molecule has 0 unspecified atom stereocenters. The Morgan fingerprint density at radius 2 is 1.75 bits per heavy atom. The Balaban J connectivity index is 2.25. The molecule has 0 saturated heterocycles. The van der Waals surface area contributed by atoms with Crippen LogP contribution in [-0.2, 0) is 0 Å². The second-order valence-electron chi connectivity index (χ2n) is 3.60. The number of hydrogen-bond donors (Lipinski definition) is 1. The summed E-state index contributed by atoms with van der Waals surface area (Å²) < 4.78 is 1.58. The Bertz CT molecular complexity index is 733. The third-order valence-electron chi connectivity index (χ3n) is 2.41. The molecule has 0 aliphatic heterocycles. The van der Waals surface area contributed by atoms with E-state index in [9.17, 15) is 0 Å². The largest absolute Gasteiger partial charge is 0.345 e. The van der Waals surface area contributed by atoms with Gasteiger partial charge in [-0.15, -0.1) is 0 Å². The summed E-state index contributed by atoms with van der Waals surface area (Å²) in [6, 6.07) is 12.1. The van der Waals surface area contributed by atoms with Crippen molar-refractivity contribution in [3.63, 3.8) is 0 Å².